The minimum Gasteiger partial charge on any atom is -0.330 e. The SMILES string of the molecule is OC1(Cl)OCPO1. The lowest BCUT2D eigenvalue weighted by molar-refractivity contribution is -0.219. The third-order valence-electron chi connectivity index (χ3n) is 0.507. The highest BCUT2D eigenvalue weighted by Gasteiger charge is 2.30. The smallest absolute Gasteiger partial charge is 0.330 e. The van der Waals surface area contributed by atoms with Crippen LogP contribution in [-0.4, -0.2) is 16.9 Å². The molecule has 1 aliphatic heterocycles. The van der Waals surface area contributed by atoms with Crippen molar-refractivity contribution in [2.75, 3.05) is 6.35 Å². The number of aliphatic hydroxyl groups is 1. The van der Waals surface area contributed by atoms with Gasteiger partial charge in [0.2, 0.25) is 0 Å². The van der Waals surface area contributed by atoms with Gasteiger partial charge in [0.25, 0.3) is 0 Å². The summed E-state index contributed by atoms with van der Waals surface area (Å²) < 4.78 is 8.92. The van der Waals surface area contributed by atoms with Crippen molar-refractivity contribution in [3.63, 3.8) is 0 Å². The Bertz CT molecular complexity index is 67.3. The first-order chi connectivity index (χ1) is 3.21. The monoisotopic (exact) mass is 142 g/mol. The molecule has 1 rings (SSSR count). The topological polar surface area (TPSA) is 38.7 Å². The van der Waals surface area contributed by atoms with E-state index in [4.69, 9.17) is 16.7 Å². The second-order valence-corrected chi connectivity index (χ2v) is 2.30. The van der Waals surface area contributed by atoms with E-state index in [1.165, 1.54) is 0 Å². The summed E-state index contributed by atoms with van der Waals surface area (Å²) in [5, 5.41) is 8.52. The lowest BCUT2D eigenvalue weighted by Gasteiger charge is -2.07. The van der Waals surface area contributed by atoms with Crippen molar-refractivity contribution in [2.45, 2.75) is 5.43 Å². The van der Waals surface area contributed by atoms with Gasteiger partial charge in [-0.2, -0.15) is 0 Å². The first-order valence-electron chi connectivity index (χ1n) is 1.67. The van der Waals surface area contributed by atoms with Crippen molar-refractivity contribution in [2.24, 2.45) is 0 Å². The largest absolute Gasteiger partial charge is 0.371 e. The number of ether oxygens (including phenoxy) is 1. The second kappa shape index (κ2) is 1.84. The normalized spacial score (nSPS) is 45.4. The minimum absolute atomic E-state index is 0.156. The van der Waals surface area contributed by atoms with E-state index in [9.17, 15) is 0 Å². The van der Waals surface area contributed by atoms with Gasteiger partial charge >= 0.3 is 5.43 Å². The standard InChI is InChI=1S/C2H4ClO3P/c3-2(4)5-1-7-6-2/h4,7H,1H2. The molecular formula is C2H4ClO3P. The molecule has 0 saturated carbocycles. The molecule has 2 unspecified atom stereocenters. The van der Waals surface area contributed by atoms with Gasteiger partial charge in [0, 0.05) is 8.81 Å². The Morgan fingerprint density at radius 2 is 2.57 bits per heavy atom. The molecule has 0 amide bonds. The average molecular weight is 142 g/mol. The van der Waals surface area contributed by atoms with Gasteiger partial charge in [-0.05, 0) is 11.6 Å². The zero-order valence-electron chi connectivity index (χ0n) is 3.35. The van der Waals surface area contributed by atoms with E-state index < -0.39 is 5.43 Å². The molecule has 0 aromatic rings. The van der Waals surface area contributed by atoms with Gasteiger partial charge in [-0.3, -0.25) is 4.52 Å². The van der Waals surface area contributed by atoms with Crippen LogP contribution in [0.4, 0.5) is 0 Å². The zero-order valence-corrected chi connectivity index (χ0v) is 5.10. The van der Waals surface area contributed by atoms with E-state index in [0.717, 1.165) is 0 Å². The number of hydrogen-bond acceptors (Lipinski definition) is 3. The summed E-state index contributed by atoms with van der Waals surface area (Å²) >= 11 is 5.09. The first-order valence-corrected chi connectivity index (χ1v) is 3.16. The molecule has 0 aromatic carbocycles. The van der Waals surface area contributed by atoms with Crippen LogP contribution in [0.3, 0.4) is 0 Å². The summed E-state index contributed by atoms with van der Waals surface area (Å²) in [5.74, 6) is 0. The fourth-order valence-corrected chi connectivity index (χ4v) is 1.13. The van der Waals surface area contributed by atoms with E-state index >= 15 is 0 Å². The summed E-state index contributed by atoms with van der Waals surface area (Å²) in [6.45, 7) is 0. The maximum atomic E-state index is 8.52. The first kappa shape index (κ1) is 5.73. The molecule has 0 spiro atoms. The molecule has 1 heterocycles. The molecule has 0 aromatic heterocycles. The van der Waals surface area contributed by atoms with Crippen molar-refractivity contribution in [3.8, 4) is 0 Å². The number of halogens is 1. The number of alkyl halides is 1. The average Bonchev–Trinajstić information content (AvgIpc) is 1.84. The Kier molecular flexibility index (Phi) is 1.51. The van der Waals surface area contributed by atoms with Crippen LogP contribution in [-0.2, 0) is 9.26 Å². The third-order valence-corrected chi connectivity index (χ3v) is 1.51. The molecule has 0 bridgehead atoms. The van der Waals surface area contributed by atoms with Crippen LogP contribution in [0.5, 0.6) is 0 Å². The lowest BCUT2D eigenvalue weighted by Crippen LogP contribution is -2.18. The van der Waals surface area contributed by atoms with Crippen LogP contribution < -0.4 is 0 Å². The van der Waals surface area contributed by atoms with Crippen molar-refractivity contribution in [1.29, 1.82) is 0 Å². The fraction of sp³-hybridized carbons (Fsp3) is 1.00. The maximum absolute atomic E-state index is 8.52. The summed E-state index contributed by atoms with van der Waals surface area (Å²) in [7, 11) is 0.156. The summed E-state index contributed by atoms with van der Waals surface area (Å²) in [4.78, 5) is 0. The van der Waals surface area contributed by atoms with Gasteiger partial charge in [0.15, 0.2) is 0 Å². The number of hydrogen-bond donors (Lipinski definition) is 1. The molecule has 7 heavy (non-hydrogen) atoms. The van der Waals surface area contributed by atoms with Crippen molar-refractivity contribution >= 4 is 20.4 Å². The molecule has 1 fully saturated rings. The van der Waals surface area contributed by atoms with Gasteiger partial charge in [0.05, 0.1) is 6.35 Å². The van der Waals surface area contributed by atoms with E-state index in [1.807, 2.05) is 0 Å². The molecule has 42 valence electrons. The molecule has 3 nitrogen and oxygen atoms in total. The highest BCUT2D eigenvalue weighted by atomic mass is 35.5. The zero-order chi connectivity index (χ0) is 5.33. The molecule has 1 saturated heterocycles. The molecule has 5 heteroatoms. The molecule has 1 aliphatic rings. The van der Waals surface area contributed by atoms with Crippen LogP contribution in [0.1, 0.15) is 0 Å². The summed E-state index contributed by atoms with van der Waals surface area (Å²) in [5.41, 5.74) is -1.82. The van der Waals surface area contributed by atoms with Crippen molar-refractivity contribution in [3.05, 3.63) is 0 Å². The highest BCUT2D eigenvalue weighted by Crippen LogP contribution is 2.34. The van der Waals surface area contributed by atoms with Gasteiger partial charge < -0.3 is 9.84 Å². The molecule has 0 aliphatic carbocycles. The van der Waals surface area contributed by atoms with Crippen LogP contribution in [0.25, 0.3) is 0 Å². The maximum Gasteiger partial charge on any atom is 0.371 e. The third kappa shape index (κ3) is 1.52. The van der Waals surface area contributed by atoms with Crippen LogP contribution in [0, 0.1) is 0 Å². The molecule has 1 N–H and O–H groups in total. The quantitative estimate of drug-likeness (QED) is 0.394. The van der Waals surface area contributed by atoms with Crippen molar-refractivity contribution < 1.29 is 14.4 Å². The molecule has 0 radical (unpaired) electrons. The Morgan fingerprint density at radius 1 is 1.86 bits per heavy atom. The minimum atomic E-state index is -1.82. The second-order valence-electron chi connectivity index (χ2n) is 1.04. The highest BCUT2D eigenvalue weighted by molar-refractivity contribution is 7.32. The van der Waals surface area contributed by atoms with Gasteiger partial charge in [-0.15, -0.1) is 0 Å². The van der Waals surface area contributed by atoms with Crippen LogP contribution >= 0.6 is 20.4 Å². The van der Waals surface area contributed by atoms with Crippen molar-refractivity contribution in [1.82, 2.24) is 0 Å². The van der Waals surface area contributed by atoms with Crippen LogP contribution in [0.2, 0.25) is 0 Å². The Labute approximate surface area is 47.4 Å². The van der Waals surface area contributed by atoms with E-state index in [2.05, 4.69) is 9.26 Å². The summed E-state index contributed by atoms with van der Waals surface area (Å²) in [6.07, 6.45) is 0.389. The summed E-state index contributed by atoms with van der Waals surface area (Å²) in [6, 6.07) is 0. The van der Waals surface area contributed by atoms with Gasteiger partial charge in [-0.1, -0.05) is 0 Å². The molecular weight excluding hydrogens is 138 g/mol. The Hall–Kier alpha value is 0.600. The van der Waals surface area contributed by atoms with E-state index in [-0.39, 0.29) is 8.81 Å². The van der Waals surface area contributed by atoms with E-state index in [1.54, 1.807) is 0 Å². The molecule has 2 atom stereocenters. The lowest BCUT2D eigenvalue weighted by atomic mass is 11.3. The van der Waals surface area contributed by atoms with Gasteiger partial charge in [0.1, 0.15) is 0 Å². The van der Waals surface area contributed by atoms with E-state index in [0.29, 0.717) is 6.35 Å². The Morgan fingerprint density at radius 3 is 2.71 bits per heavy atom. The Balaban J connectivity index is 2.40. The predicted octanol–water partition coefficient (Wildman–Crippen LogP) is 0.427. The van der Waals surface area contributed by atoms with Crippen LogP contribution in [0.15, 0.2) is 0 Å². The van der Waals surface area contributed by atoms with Gasteiger partial charge in [-0.25, -0.2) is 0 Å². The fourth-order valence-electron chi connectivity index (χ4n) is 0.266. The number of rotatable bonds is 0. The predicted molar refractivity (Wildman–Crippen MR) is 26.2 cm³/mol.